The molecule has 1 saturated heterocycles. The molecular weight excluding hydrogens is 340 g/mol. The van der Waals surface area contributed by atoms with Gasteiger partial charge in [-0.1, -0.05) is 30.3 Å². The predicted octanol–water partition coefficient (Wildman–Crippen LogP) is 1.69. The fourth-order valence-electron chi connectivity index (χ4n) is 3.28. The van der Waals surface area contributed by atoms with E-state index in [4.69, 9.17) is 0 Å². The van der Waals surface area contributed by atoms with Crippen LogP contribution in [0.4, 0.5) is 16.2 Å². The molecule has 0 unspecified atom stereocenters. The molecule has 2 heterocycles. The first-order valence-electron chi connectivity index (χ1n) is 8.08. The summed E-state index contributed by atoms with van der Waals surface area (Å²) in [6, 6.07) is 14.7. The summed E-state index contributed by atoms with van der Waals surface area (Å²) < 4.78 is 27.1. The number of nitrogens with one attached hydrogen (secondary N) is 2. The second kappa shape index (κ2) is 6.05. The molecule has 1 atom stereocenters. The maximum absolute atomic E-state index is 12.8. The summed E-state index contributed by atoms with van der Waals surface area (Å²) in [6.07, 6.45) is 0.583. The number of carbonyl (C=O) groups is 1. The normalized spacial score (nSPS) is 19.3. The van der Waals surface area contributed by atoms with Gasteiger partial charge in [-0.15, -0.1) is 0 Å². The number of rotatable bonds is 2. The van der Waals surface area contributed by atoms with Crippen molar-refractivity contribution in [3.05, 3.63) is 54.6 Å². The highest BCUT2D eigenvalue weighted by Gasteiger charge is 2.41. The maximum atomic E-state index is 12.8. The molecule has 1 fully saturated rings. The molecule has 0 saturated carbocycles. The first-order chi connectivity index (χ1) is 12.1. The van der Waals surface area contributed by atoms with Gasteiger partial charge in [0.2, 0.25) is 0 Å². The monoisotopic (exact) mass is 358 g/mol. The second-order valence-corrected chi connectivity index (χ2v) is 7.64. The smallest absolute Gasteiger partial charge is 0.337 e. The molecule has 2 aromatic rings. The quantitative estimate of drug-likeness (QED) is 0.854. The summed E-state index contributed by atoms with van der Waals surface area (Å²) in [6.45, 7) is 1.58. The molecule has 8 heteroatoms. The van der Waals surface area contributed by atoms with Gasteiger partial charge < -0.3 is 4.90 Å². The van der Waals surface area contributed by atoms with E-state index in [-0.39, 0.29) is 11.2 Å². The summed E-state index contributed by atoms with van der Waals surface area (Å²) in [7, 11) is -3.92. The van der Waals surface area contributed by atoms with Gasteiger partial charge in [0.25, 0.3) is 10.0 Å². The molecule has 2 aliphatic heterocycles. The van der Waals surface area contributed by atoms with Crippen molar-refractivity contribution in [1.82, 2.24) is 10.0 Å². The van der Waals surface area contributed by atoms with Crippen LogP contribution in [-0.4, -0.2) is 33.8 Å². The van der Waals surface area contributed by atoms with E-state index >= 15 is 0 Å². The molecular formula is C17H18N4O3S. The molecule has 0 bridgehead atoms. The van der Waals surface area contributed by atoms with E-state index < -0.39 is 16.1 Å². The molecule has 2 N–H and O–H groups in total. The van der Waals surface area contributed by atoms with Gasteiger partial charge >= 0.3 is 6.03 Å². The number of nitrogens with zero attached hydrogens (tertiary/aromatic N) is 2. The molecule has 2 amide bonds. The molecule has 0 aliphatic carbocycles. The maximum Gasteiger partial charge on any atom is 0.338 e. The summed E-state index contributed by atoms with van der Waals surface area (Å²) in [5.74, 6) is 0. The van der Waals surface area contributed by atoms with Crippen LogP contribution in [0.2, 0.25) is 0 Å². The predicted molar refractivity (Wildman–Crippen MR) is 94.8 cm³/mol. The summed E-state index contributed by atoms with van der Waals surface area (Å²) in [4.78, 5) is 16.4. The average Bonchev–Trinajstić information content (AvgIpc) is 2.97. The van der Waals surface area contributed by atoms with Gasteiger partial charge in [0.05, 0.1) is 16.3 Å². The Morgan fingerprint density at radius 1 is 1.04 bits per heavy atom. The molecule has 0 aromatic heterocycles. The van der Waals surface area contributed by atoms with E-state index in [1.54, 1.807) is 18.2 Å². The first kappa shape index (κ1) is 15.9. The zero-order valence-electron chi connectivity index (χ0n) is 13.4. The fourth-order valence-corrected chi connectivity index (χ4v) is 4.24. The third-order valence-electron chi connectivity index (χ3n) is 4.39. The Balaban J connectivity index is 1.66. The molecule has 0 radical (unpaired) electrons. The number of sulfonamides is 1. The number of anilines is 2. The van der Waals surface area contributed by atoms with Gasteiger partial charge in [0.1, 0.15) is 0 Å². The molecule has 0 spiro atoms. The first-order valence-corrected chi connectivity index (χ1v) is 9.56. The molecule has 25 heavy (non-hydrogen) atoms. The molecule has 130 valence electrons. The minimum Gasteiger partial charge on any atom is -0.337 e. The van der Waals surface area contributed by atoms with E-state index in [1.807, 2.05) is 24.3 Å². The van der Waals surface area contributed by atoms with E-state index in [9.17, 15) is 13.2 Å². The Labute approximate surface area is 146 Å². The Morgan fingerprint density at radius 3 is 2.48 bits per heavy atom. The van der Waals surface area contributed by atoms with Crippen LogP contribution in [0, 0.1) is 0 Å². The molecule has 4 rings (SSSR count). The third kappa shape index (κ3) is 2.73. The van der Waals surface area contributed by atoms with Crippen LogP contribution in [0.15, 0.2) is 59.5 Å². The van der Waals surface area contributed by atoms with Crippen molar-refractivity contribution in [2.24, 2.45) is 0 Å². The summed E-state index contributed by atoms with van der Waals surface area (Å²) in [5.41, 5.74) is 1.62. The lowest BCUT2D eigenvalue weighted by Crippen LogP contribution is -2.60. The SMILES string of the molecule is O=C(NS(=O)(=O)c1ccccc1)N1c2ccccc2N2CCCN[C@H]21. The second-order valence-electron chi connectivity index (χ2n) is 5.96. The van der Waals surface area contributed by atoms with E-state index in [0.29, 0.717) is 5.69 Å². The average molecular weight is 358 g/mol. The van der Waals surface area contributed by atoms with E-state index in [1.165, 1.54) is 17.0 Å². The Morgan fingerprint density at radius 2 is 1.72 bits per heavy atom. The topological polar surface area (TPSA) is 81.8 Å². The van der Waals surface area contributed by atoms with Gasteiger partial charge in [-0.25, -0.2) is 17.9 Å². The Kier molecular flexibility index (Phi) is 3.85. The number of para-hydroxylation sites is 2. The number of hydrogen-bond donors (Lipinski definition) is 2. The lowest BCUT2D eigenvalue weighted by atomic mass is 10.2. The van der Waals surface area contributed by atoms with Crippen molar-refractivity contribution in [1.29, 1.82) is 0 Å². The van der Waals surface area contributed by atoms with Crippen molar-refractivity contribution in [2.75, 3.05) is 22.9 Å². The van der Waals surface area contributed by atoms with Crippen LogP contribution >= 0.6 is 0 Å². The summed E-state index contributed by atoms with van der Waals surface area (Å²) in [5, 5.41) is 3.28. The van der Waals surface area contributed by atoms with Crippen LogP contribution < -0.4 is 19.8 Å². The minimum atomic E-state index is -3.92. The highest BCUT2D eigenvalue weighted by Crippen LogP contribution is 2.39. The van der Waals surface area contributed by atoms with Crippen LogP contribution in [-0.2, 0) is 10.0 Å². The van der Waals surface area contributed by atoms with E-state index in [2.05, 4.69) is 14.9 Å². The van der Waals surface area contributed by atoms with Crippen molar-refractivity contribution in [3.63, 3.8) is 0 Å². The largest absolute Gasteiger partial charge is 0.338 e. The van der Waals surface area contributed by atoms with Crippen molar-refractivity contribution in [3.8, 4) is 0 Å². The highest BCUT2D eigenvalue weighted by molar-refractivity contribution is 7.90. The lowest BCUT2D eigenvalue weighted by Gasteiger charge is -2.36. The summed E-state index contributed by atoms with van der Waals surface area (Å²) >= 11 is 0. The van der Waals surface area contributed by atoms with E-state index in [0.717, 1.165) is 25.2 Å². The zero-order chi connectivity index (χ0) is 17.4. The fraction of sp³-hybridized carbons (Fsp3) is 0.235. The van der Waals surface area contributed by atoms with Gasteiger partial charge in [0, 0.05) is 13.1 Å². The van der Waals surface area contributed by atoms with Crippen LogP contribution in [0.1, 0.15) is 6.42 Å². The van der Waals surface area contributed by atoms with Crippen LogP contribution in [0.25, 0.3) is 0 Å². The highest BCUT2D eigenvalue weighted by atomic mass is 32.2. The number of benzene rings is 2. The van der Waals surface area contributed by atoms with Gasteiger partial charge in [0.15, 0.2) is 6.29 Å². The number of hydrogen-bond acceptors (Lipinski definition) is 5. The Bertz CT molecular complexity index is 901. The third-order valence-corrected chi connectivity index (χ3v) is 5.72. The standard InChI is InChI=1S/C17H18N4O3S/c22-17(19-25(23,24)13-7-2-1-3-8-13)21-15-10-5-4-9-14(15)20-12-6-11-18-16(20)21/h1-5,7-10,16,18H,6,11-12H2,(H,19,22)/t16-/m1/s1. The number of carbonyl (C=O) groups excluding carboxylic acids is 1. The van der Waals surface area contributed by atoms with Crippen molar-refractivity contribution >= 4 is 27.4 Å². The van der Waals surface area contributed by atoms with Gasteiger partial charge in [-0.05, 0) is 30.7 Å². The van der Waals surface area contributed by atoms with Crippen molar-refractivity contribution in [2.45, 2.75) is 17.6 Å². The number of fused-ring (bicyclic) bond motifs is 3. The number of urea groups is 1. The minimum absolute atomic E-state index is 0.0595. The van der Waals surface area contributed by atoms with Gasteiger partial charge in [-0.2, -0.15) is 0 Å². The molecule has 2 aromatic carbocycles. The van der Waals surface area contributed by atoms with Crippen LogP contribution in [0.5, 0.6) is 0 Å². The zero-order valence-corrected chi connectivity index (χ0v) is 14.2. The molecule has 7 nitrogen and oxygen atoms in total. The lowest BCUT2D eigenvalue weighted by molar-refractivity contribution is 0.246. The van der Waals surface area contributed by atoms with Crippen molar-refractivity contribution < 1.29 is 13.2 Å². The Hall–Kier alpha value is -2.58. The molecule has 2 aliphatic rings. The van der Waals surface area contributed by atoms with Crippen LogP contribution in [0.3, 0.4) is 0 Å². The number of amides is 2. The van der Waals surface area contributed by atoms with Gasteiger partial charge in [-0.3, -0.25) is 10.2 Å².